The summed E-state index contributed by atoms with van der Waals surface area (Å²) in [4.78, 5) is 0. The molecule has 4 nitrogen and oxygen atoms in total. The van der Waals surface area contributed by atoms with Crippen LogP contribution in [0.1, 0.15) is 13.3 Å². The molecule has 4 heteroatoms. The first-order valence-electron chi connectivity index (χ1n) is 4.91. The SMILES string of the molecule is CCC(O)COc1ccc(N)cc1OC. The number of nitrogen functional groups attached to an aromatic ring is 1. The number of aliphatic hydroxyl groups is 1. The molecule has 0 saturated carbocycles. The molecule has 3 N–H and O–H groups in total. The lowest BCUT2D eigenvalue weighted by Crippen LogP contribution is -2.16. The molecule has 1 aromatic rings. The van der Waals surface area contributed by atoms with Crippen LogP contribution in [-0.2, 0) is 0 Å². The van der Waals surface area contributed by atoms with E-state index in [2.05, 4.69) is 0 Å². The second-order valence-corrected chi connectivity index (χ2v) is 3.28. The Balaban J connectivity index is 2.67. The van der Waals surface area contributed by atoms with Crippen LogP contribution in [0.5, 0.6) is 11.5 Å². The van der Waals surface area contributed by atoms with Crippen molar-refractivity contribution < 1.29 is 14.6 Å². The summed E-state index contributed by atoms with van der Waals surface area (Å²) in [5.41, 5.74) is 6.22. The molecule has 0 aliphatic carbocycles. The number of methoxy groups -OCH3 is 1. The molecule has 0 bridgehead atoms. The molecule has 0 radical (unpaired) electrons. The smallest absolute Gasteiger partial charge is 0.162 e. The van der Waals surface area contributed by atoms with Gasteiger partial charge in [-0.3, -0.25) is 0 Å². The Bertz CT molecular complexity index is 315. The van der Waals surface area contributed by atoms with E-state index in [1.165, 1.54) is 0 Å². The highest BCUT2D eigenvalue weighted by Crippen LogP contribution is 2.28. The Morgan fingerprint density at radius 3 is 2.73 bits per heavy atom. The lowest BCUT2D eigenvalue weighted by molar-refractivity contribution is 0.102. The zero-order valence-corrected chi connectivity index (χ0v) is 9.06. The summed E-state index contributed by atoms with van der Waals surface area (Å²) in [5, 5.41) is 9.35. The third kappa shape index (κ3) is 3.32. The van der Waals surface area contributed by atoms with Gasteiger partial charge >= 0.3 is 0 Å². The Labute approximate surface area is 89.6 Å². The van der Waals surface area contributed by atoms with Crippen LogP contribution in [0.2, 0.25) is 0 Å². The van der Waals surface area contributed by atoms with Crippen LogP contribution < -0.4 is 15.2 Å². The number of rotatable bonds is 5. The van der Waals surface area contributed by atoms with Gasteiger partial charge < -0.3 is 20.3 Å². The van der Waals surface area contributed by atoms with Gasteiger partial charge in [0.05, 0.1) is 13.2 Å². The van der Waals surface area contributed by atoms with E-state index in [0.717, 1.165) is 0 Å². The standard InChI is InChI=1S/C11H17NO3/c1-3-9(13)7-15-10-5-4-8(12)6-11(10)14-2/h4-6,9,13H,3,7,12H2,1-2H3. The van der Waals surface area contributed by atoms with Gasteiger partial charge in [-0.1, -0.05) is 6.92 Å². The number of ether oxygens (including phenoxy) is 2. The fourth-order valence-corrected chi connectivity index (χ4v) is 1.11. The highest BCUT2D eigenvalue weighted by Gasteiger charge is 2.07. The summed E-state index contributed by atoms with van der Waals surface area (Å²) in [7, 11) is 1.55. The first kappa shape index (κ1) is 11.7. The van der Waals surface area contributed by atoms with E-state index in [1.54, 1.807) is 25.3 Å². The Kier molecular flexibility index (Phi) is 4.24. The molecule has 0 amide bonds. The predicted molar refractivity (Wildman–Crippen MR) is 59.2 cm³/mol. The van der Waals surface area contributed by atoms with E-state index < -0.39 is 6.10 Å². The average molecular weight is 211 g/mol. The third-order valence-electron chi connectivity index (χ3n) is 2.09. The summed E-state index contributed by atoms with van der Waals surface area (Å²) in [6.45, 7) is 2.16. The molecule has 0 aromatic heterocycles. The van der Waals surface area contributed by atoms with E-state index in [4.69, 9.17) is 15.2 Å². The van der Waals surface area contributed by atoms with Crippen molar-refractivity contribution in [2.75, 3.05) is 19.5 Å². The van der Waals surface area contributed by atoms with Crippen LogP contribution in [0.4, 0.5) is 5.69 Å². The van der Waals surface area contributed by atoms with Gasteiger partial charge in [-0.05, 0) is 18.6 Å². The van der Waals surface area contributed by atoms with Crippen molar-refractivity contribution in [3.63, 3.8) is 0 Å². The van der Waals surface area contributed by atoms with Gasteiger partial charge in [0.25, 0.3) is 0 Å². The molecule has 1 rings (SSSR count). The molecule has 0 fully saturated rings. The number of aliphatic hydroxyl groups excluding tert-OH is 1. The van der Waals surface area contributed by atoms with E-state index in [1.807, 2.05) is 6.92 Å². The van der Waals surface area contributed by atoms with Gasteiger partial charge in [0.15, 0.2) is 11.5 Å². The third-order valence-corrected chi connectivity index (χ3v) is 2.09. The van der Waals surface area contributed by atoms with Crippen molar-refractivity contribution in [2.24, 2.45) is 0 Å². The largest absolute Gasteiger partial charge is 0.493 e. The van der Waals surface area contributed by atoms with Crippen molar-refractivity contribution in [3.8, 4) is 11.5 Å². The number of hydrogen-bond acceptors (Lipinski definition) is 4. The molecular weight excluding hydrogens is 194 g/mol. The number of nitrogens with two attached hydrogens (primary N) is 1. The molecule has 1 unspecified atom stereocenters. The van der Waals surface area contributed by atoms with E-state index >= 15 is 0 Å². The van der Waals surface area contributed by atoms with E-state index in [-0.39, 0.29) is 6.61 Å². The normalized spacial score (nSPS) is 12.2. The molecule has 1 aromatic carbocycles. The molecule has 0 spiro atoms. The summed E-state index contributed by atoms with van der Waals surface area (Å²) in [6, 6.07) is 5.15. The number of hydrogen-bond donors (Lipinski definition) is 2. The van der Waals surface area contributed by atoms with Crippen LogP contribution >= 0.6 is 0 Å². The van der Waals surface area contributed by atoms with Gasteiger partial charge in [0, 0.05) is 11.8 Å². The van der Waals surface area contributed by atoms with Gasteiger partial charge in [0.2, 0.25) is 0 Å². The molecular formula is C11H17NO3. The van der Waals surface area contributed by atoms with Crippen molar-refractivity contribution in [2.45, 2.75) is 19.4 Å². The van der Waals surface area contributed by atoms with Crippen molar-refractivity contribution in [1.82, 2.24) is 0 Å². The maximum atomic E-state index is 9.35. The van der Waals surface area contributed by atoms with Crippen LogP contribution in [-0.4, -0.2) is 24.9 Å². The first-order valence-corrected chi connectivity index (χ1v) is 4.91. The molecule has 0 aliphatic heterocycles. The van der Waals surface area contributed by atoms with Crippen LogP contribution in [0.3, 0.4) is 0 Å². The zero-order chi connectivity index (χ0) is 11.3. The second-order valence-electron chi connectivity index (χ2n) is 3.28. The highest BCUT2D eigenvalue weighted by molar-refractivity contribution is 5.51. The zero-order valence-electron chi connectivity index (χ0n) is 9.06. The predicted octanol–water partition coefficient (Wildman–Crippen LogP) is 1.43. The summed E-state index contributed by atoms with van der Waals surface area (Å²) < 4.78 is 10.5. The highest BCUT2D eigenvalue weighted by atomic mass is 16.5. The Hall–Kier alpha value is -1.42. The molecule has 84 valence electrons. The van der Waals surface area contributed by atoms with Crippen molar-refractivity contribution in [1.29, 1.82) is 0 Å². The Morgan fingerprint density at radius 2 is 2.13 bits per heavy atom. The molecule has 0 heterocycles. The fraction of sp³-hybridized carbons (Fsp3) is 0.455. The Morgan fingerprint density at radius 1 is 1.40 bits per heavy atom. The first-order chi connectivity index (χ1) is 7.17. The lowest BCUT2D eigenvalue weighted by atomic mass is 10.2. The molecule has 0 aliphatic rings. The van der Waals surface area contributed by atoms with Crippen LogP contribution in [0.15, 0.2) is 18.2 Å². The van der Waals surface area contributed by atoms with E-state index in [9.17, 15) is 5.11 Å². The topological polar surface area (TPSA) is 64.7 Å². The van der Waals surface area contributed by atoms with Crippen molar-refractivity contribution >= 4 is 5.69 Å². The average Bonchev–Trinajstić information content (AvgIpc) is 2.26. The summed E-state index contributed by atoms with van der Waals surface area (Å²) in [6.07, 6.45) is 0.212. The monoisotopic (exact) mass is 211 g/mol. The minimum absolute atomic E-state index is 0.261. The second kappa shape index (κ2) is 5.46. The van der Waals surface area contributed by atoms with E-state index in [0.29, 0.717) is 23.6 Å². The fourth-order valence-electron chi connectivity index (χ4n) is 1.11. The lowest BCUT2D eigenvalue weighted by Gasteiger charge is -2.13. The molecule has 0 saturated heterocycles. The maximum Gasteiger partial charge on any atom is 0.162 e. The summed E-state index contributed by atoms with van der Waals surface area (Å²) in [5.74, 6) is 1.18. The number of benzene rings is 1. The van der Waals surface area contributed by atoms with Gasteiger partial charge in [0.1, 0.15) is 6.61 Å². The maximum absolute atomic E-state index is 9.35. The minimum Gasteiger partial charge on any atom is -0.493 e. The van der Waals surface area contributed by atoms with Crippen molar-refractivity contribution in [3.05, 3.63) is 18.2 Å². The quantitative estimate of drug-likeness (QED) is 0.723. The molecule has 15 heavy (non-hydrogen) atoms. The number of anilines is 1. The van der Waals surface area contributed by atoms with Gasteiger partial charge in [-0.25, -0.2) is 0 Å². The van der Waals surface area contributed by atoms with Crippen LogP contribution in [0.25, 0.3) is 0 Å². The summed E-state index contributed by atoms with van der Waals surface area (Å²) >= 11 is 0. The minimum atomic E-state index is -0.452. The molecule has 1 atom stereocenters. The van der Waals surface area contributed by atoms with Gasteiger partial charge in [-0.2, -0.15) is 0 Å². The van der Waals surface area contributed by atoms with Crippen LogP contribution in [0, 0.1) is 0 Å². The van der Waals surface area contributed by atoms with Gasteiger partial charge in [-0.15, -0.1) is 0 Å².